The molecule has 14 heavy (non-hydrogen) atoms. The molecule has 76 valence electrons. The van der Waals surface area contributed by atoms with Gasteiger partial charge < -0.3 is 5.73 Å². The van der Waals surface area contributed by atoms with Crippen LogP contribution >= 0.6 is 12.6 Å². The monoisotopic (exact) mass is 221 g/mol. The molecule has 0 unspecified atom stereocenters. The molecule has 0 saturated carbocycles. The summed E-state index contributed by atoms with van der Waals surface area (Å²) in [5, 5.41) is 0. The minimum absolute atomic E-state index is 0.0265. The smallest absolute Gasteiger partial charge is 0.366 e. The number of hydrogen-bond acceptors (Lipinski definition) is 2. The van der Waals surface area contributed by atoms with E-state index in [0.29, 0.717) is 0 Å². The van der Waals surface area contributed by atoms with Crippen molar-refractivity contribution in [1.29, 1.82) is 0 Å². The normalized spacial score (nSPS) is 11.4. The van der Waals surface area contributed by atoms with Gasteiger partial charge in [-0.2, -0.15) is 13.2 Å². The molecule has 1 aromatic carbocycles. The van der Waals surface area contributed by atoms with Crippen LogP contribution in [0.5, 0.6) is 0 Å². The van der Waals surface area contributed by atoms with Crippen molar-refractivity contribution >= 4 is 18.5 Å². The fourth-order valence-electron chi connectivity index (χ4n) is 0.916. The first-order valence-electron chi connectivity index (χ1n) is 3.52. The van der Waals surface area contributed by atoms with Crippen molar-refractivity contribution in [2.24, 2.45) is 5.73 Å². The van der Waals surface area contributed by atoms with Crippen LogP contribution in [0.4, 0.5) is 13.2 Å². The van der Waals surface area contributed by atoms with Gasteiger partial charge in [0.05, 0.1) is 11.1 Å². The van der Waals surface area contributed by atoms with Gasteiger partial charge in [-0.25, -0.2) is 0 Å². The molecule has 0 aliphatic carbocycles. The zero-order valence-corrected chi connectivity index (χ0v) is 7.69. The molecule has 2 nitrogen and oxygen atoms in total. The van der Waals surface area contributed by atoms with E-state index < -0.39 is 17.6 Å². The van der Waals surface area contributed by atoms with Crippen LogP contribution in [0.15, 0.2) is 23.1 Å². The third-order valence-electron chi connectivity index (χ3n) is 1.59. The summed E-state index contributed by atoms with van der Waals surface area (Å²) in [4.78, 5) is 10.6. The highest BCUT2D eigenvalue weighted by Gasteiger charge is 2.30. The Morgan fingerprint density at radius 1 is 1.36 bits per heavy atom. The molecule has 0 radical (unpaired) electrons. The molecule has 0 aliphatic rings. The van der Waals surface area contributed by atoms with Crippen LogP contribution in [-0.2, 0) is 6.18 Å². The molecular formula is C8H6F3NOS. The van der Waals surface area contributed by atoms with Gasteiger partial charge in [0.1, 0.15) is 0 Å². The summed E-state index contributed by atoms with van der Waals surface area (Å²) in [6.07, 6.45) is -4.44. The van der Waals surface area contributed by atoms with Gasteiger partial charge in [0.2, 0.25) is 5.91 Å². The summed E-state index contributed by atoms with van der Waals surface area (Å²) in [5.74, 6) is -0.802. The third-order valence-corrected chi connectivity index (χ3v) is 1.96. The van der Waals surface area contributed by atoms with Crippen molar-refractivity contribution in [2.45, 2.75) is 11.1 Å². The van der Waals surface area contributed by atoms with Crippen molar-refractivity contribution in [3.63, 3.8) is 0 Å². The zero-order chi connectivity index (χ0) is 10.9. The maximum Gasteiger partial charge on any atom is 0.416 e. The first-order chi connectivity index (χ1) is 6.32. The Morgan fingerprint density at radius 2 is 1.93 bits per heavy atom. The van der Waals surface area contributed by atoms with E-state index in [2.05, 4.69) is 12.6 Å². The zero-order valence-electron chi connectivity index (χ0n) is 6.80. The topological polar surface area (TPSA) is 43.1 Å². The molecule has 0 atom stereocenters. The average Bonchev–Trinajstić information content (AvgIpc) is 2.01. The summed E-state index contributed by atoms with van der Waals surface area (Å²) < 4.78 is 36.5. The minimum atomic E-state index is -4.44. The van der Waals surface area contributed by atoms with E-state index in [1.54, 1.807) is 0 Å². The van der Waals surface area contributed by atoms with E-state index >= 15 is 0 Å². The molecule has 1 aromatic rings. The third kappa shape index (κ3) is 2.20. The number of amides is 1. The van der Waals surface area contributed by atoms with Gasteiger partial charge >= 0.3 is 6.18 Å². The number of benzene rings is 1. The highest BCUT2D eigenvalue weighted by Crippen LogP contribution is 2.31. The van der Waals surface area contributed by atoms with Crippen LogP contribution in [0, 0.1) is 0 Å². The van der Waals surface area contributed by atoms with E-state index in [1.807, 2.05) is 0 Å². The van der Waals surface area contributed by atoms with E-state index in [9.17, 15) is 18.0 Å². The lowest BCUT2D eigenvalue weighted by Gasteiger charge is -2.08. The largest absolute Gasteiger partial charge is 0.416 e. The van der Waals surface area contributed by atoms with E-state index in [-0.39, 0.29) is 10.5 Å². The molecule has 0 aliphatic heterocycles. The Bertz CT molecular complexity index is 375. The van der Waals surface area contributed by atoms with Crippen LogP contribution in [0.25, 0.3) is 0 Å². The Labute approximate surface area is 83.3 Å². The van der Waals surface area contributed by atoms with Crippen LogP contribution in [0.3, 0.4) is 0 Å². The van der Waals surface area contributed by atoms with Crippen molar-refractivity contribution < 1.29 is 18.0 Å². The summed E-state index contributed by atoms with van der Waals surface area (Å²) >= 11 is 3.74. The van der Waals surface area contributed by atoms with Crippen LogP contribution in [0.1, 0.15) is 15.9 Å². The Balaban J connectivity index is 3.20. The predicted octanol–water partition coefficient (Wildman–Crippen LogP) is 2.09. The van der Waals surface area contributed by atoms with E-state index in [1.165, 1.54) is 0 Å². The van der Waals surface area contributed by atoms with Gasteiger partial charge in [0, 0.05) is 4.90 Å². The lowest BCUT2D eigenvalue weighted by atomic mass is 10.1. The summed E-state index contributed by atoms with van der Waals surface area (Å²) in [7, 11) is 0. The number of hydrogen-bond donors (Lipinski definition) is 2. The number of alkyl halides is 3. The van der Waals surface area contributed by atoms with E-state index in [0.717, 1.165) is 18.2 Å². The highest BCUT2D eigenvalue weighted by atomic mass is 32.1. The second-order valence-corrected chi connectivity index (χ2v) is 3.08. The fourth-order valence-corrected chi connectivity index (χ4v) is 1.24. The number of nitrogens with two attached hydrogens (primary N) is 1. The Morgan fingerprint density at radius 3 is 2.29 bits per heavy atom. The molecule has 0 saturated heterocycles. The molecule has 0 fully saturated rings. The fraction of sp³-hybridized carbons (Fsp3) is 0.125. The molecule has 0 heterocycles. The first-order valence-corrected chi connectivity index (χ1v) is 3.97. The van der Waals surface area contributed by atoms with Gasteiger partial charge in [0.25, 0.3) is 0 Å². The summed E-state index contributed by atoms with van der Waals surface area (Å²) in [5.41, 5.74) is 4.02. The molecule has 1 rings (SSSR count). The second-order valence-electron chi connectivity index (χ2n) is 2.59. The van der Waals surface area contributed by atoms with Gasteiger partial charge in [0.15, 0.2) is 0 Å². The van der Waals surface area contributed by atoms with Gasteiger partial charge in [-0.1, -0.05) is 0 Å². The Hall–Kier alpha value is -1.17. The molecule has 0 spiro atoms. The number of thiol groups is 1. The first kappa shape index (κ1) is 10.9. The molecule has 0 aromatic heterocycles. The molecule has 6 heteroatoms. The van der Waals surface area contributed by atoms with E-state index in [4.69, 9.17) is 5.73 Å². The highest BCUT2D eigenvalue weighted by molar-refractivity contribution is 7.80. The molecule has 0 bridgehead atoms. The minimum Gasteiger partial charge on any atom is -0.366 e. The standard InChI is InChI=1S/C8H6F3NOS/c9-8(10,11)4-1-2-5(7(12)13)6(14)3-4/h1-3,14H,(H2,12,13). The predicted molar refractivity (Wildman–Crippen MR) is 47.2 cm³/mol. The van der Waals surface area contributed by atoms with Crippen LogP contribution in [0.2, 0.25) is 0 Å². The SMILES string of the molecule is NC(=O)c1ccc(C(F)(F)F)cc1S. The second kappa shape index (κ2) is 3.53. The number of rotatable bonds is 1. The number of carbonyl (C=O) groups excluding carboxylic acids is 1. The number of halogens is 3. The maximum absolute atomic E-state index is 12.2. The van der Waals surface area contributed by atoms with Gasteiger partial charge in [-0.3, -0.25) is 4.79 Å². The van der Waals surface area contributed by atoms with Crippen molar-refractivity contribution in [1.82, 2.24) is 0 Å². The van der Waals surface area contributed by atoms with Crippen molar-refractivity contribution in [3.8, 4) is 0 Å². The van der Waals surface area contributed by atoms with Crippen LogP contribution in [-0.4, -0.2) is 5.91 Å². The summed E-state index contributed by atoms with van der Waals surface area (Å²) in [6, 6.07) is 2.57. The molecule has 2 N–H and O–H groups in total. The van der Waals surface area contributed by atoms with Gasteiger partial charge in [-0.05, 0) is 18.2 Å². The quantitative estimate of drug-likeness (QED) is 0.700. The lowest BCUT2D eigenvalue weighted by molar-refractivity contribution is -0.137. The molecule has 1 amide bonds. The lowest BCUT2D eigenvalue weighted by Crippen LogP contribution is -2.13. The number of carbonyl (C=O) groups is 1. The van der Waals surface area contributed by atoms with Crippen molar-refractivity contribution in [2.75, 3.05) is 0 Å². The maximum atomic E-state index is 12.2. The van der Waals surface area contributed by atoms with Crippen LogP contribution < -0.4 is 5.73 Å². The van der Waals surface area contributed by atoms with Gasteiger partial charge in [-0.15, -0.1) is 12.6 Å². The Kier molecular flexibility index (Phi) is 2.75. The summed E-state index contributed by atoms with van der Waals surface area (Å²) in [6.45, 7) is 0. The molecular weight excluding hydrogens is 215 g/mol. The van der Waals surface area contributed by atoms with Crippen molar-refractivity contribution in [3.05, 3.63) is 29.3 Å². The average molecular weight is 221 g/mol. The number of primary amides is 1.